The van der Waals surface area contributed by atoms with E-state index in [9.17, 15) is 14.0 Å². The van der Waals surface area contributed by atoms with E-state index < -0.39 is 17.4 Å². The lowest BCUT2D eigenvalue weighted by atomic mass is 9.93. The lowest BCUT2D eigenvalue weighted by molar-refractivity contribution is -0.146. The van der Waals surface area contributed by atoms with Crippen LogP contribution >= 0.6 is 0 Å². The van der Waals surface area contributed by atoms with Gasteiger partial charge in [0.15, 0.2) is 5.76 Å². The molecule has 0 amide bonds. The van der Waals surface area contributed by atoms with Crippen LogP contribution in [0.15, 0.2) is 83.3 Å². The second-order valence-electron chi connectivity index (χ2n) is 9.22. The molecule has 0 radical (unpaired) electrons. The zero-order chi connectivity index (χ0) is 26.0. The molecule has 3 aromatic carbocycles. The molecule has 5 rings (SSSR count). The number of hydrogen-bond donors (Lipinski definition) is 0. The van der Waals surface area contributed by atoms with E-state index in [-0.39, 0.29) is 29.5 Å². The van der Waals surface area contributed by atoms with Crippen molar-refractivity contribution in [1.29, 1.82) is 0 Å². The van der Waals surface area contributed by atoms with E-state index in [1.54, 1.807) is 12.1 Å². The first-order valence-electron chi connectivity index (χ1n) is 12.3. The van der Waals surface area contributed by atoms with Crippen LogP contribution in [0, 0.1) is 12.9 Å². The van der Waals surface area contributed by atoms with Gasteiger partial charge in [0.1, 0.15) is 12.2 Å². The average Bonchev–Trinajstić information content (AvgIpc) is 3.69. The predicted molar refractivity (Wildman–Crippen MR) is 137 cm³/mol. The van der Waals surface area contributed by atoms with E-state index in [1.165, 1.54) is 6.92 Å². The van der Waals surface area contributed by atoms with Crippen molar-refractivity contribution in [2.45, 2.75) is 38.7 Å². The Balaban J connectivity index is 1.35. The minimum Gasteiger partial charge on any atom is -0.465 e. The van der Waals surface area contributed by atoms with Gasteiger partial charge in [-0.05, 0) is 48.9 Å². The molecule has 0 spiro atoms. The van der Waals surface area contributed by atoms with Crippen LogP contribution in [0.3, 0.4) is 0 Å². The summed E-state index contributed by atoms with van der Waals surface area (Å²) in [5, 5.41) is 0. The SMILES string of the molecule is CCOC(=O)C1(c2ccc(-c3ccc(-c4oc(F)c(C)c4C(=O)OCc4ccccc4)cc3)cc2)CC1. The maximum atomic E-state index is 14.4. The lowest BCUT2D eigenvalue weighted by Crippen LogP contribution is -2.23. The zero-order valence-corrected chi connectivity index (χ0v) is 20.8. The van der Waals surface area contributed by atoms with E-state index in [4.69, 9.17) is 13.9 Å². The van der Waals surface area contributed by atoms with E-state index >= 15 is 0 Å². The van der Waals surface area contributed by atoms with E-state index in [0.717, 1.165) is 35.1 Å². The fourth-order valence-electron chi connectivity index (χ4n) is 4.53. The third-order valence-electron chi connectivity index (χ3n) is 6.84. The van der Waals surface area contributed by atoms with Crippen molar-refractivity contribution in [1.82, 2.24) is 0 Å². The van der Waals surface area contributed by atoms with Crippen molar-refractivity contribution >= 4 is 11.9 Å². The van der Waals surface area contributed by atoms with Gasteiger partial charge in [-0.3, -0.25) is 4.79 Å². The van der Waals surface area contributed by atoms with Gasteiger partial charge in [0, 0.05) is 11.1 Å². The molecule has 0 bridgehead atoms. The quantitative estimate of drug-likeness (QED) is 0.244. The Morgan fingerprint density at radius 1 is 0.865 bits per heavy atom. The summed E-state index contributed by atoms with van der Waals surface area (Å²) in [6.07, 6.45) is 1.60. The first-order valence-corrected chi connectivity index (χ1v) is 12.3. The number of ether oxygens (including phenoxy) is 2. The summed E-state index contributed by atoms with van der Waals surface area (Å²) in [7, 11) is 0. The minimum absolute atomic E-state index is 0.0811. The van der Waals surface area contributed by atoms with Gasteiger partial charge in [-0.25, -0.2) is 4.79 Å². The summed E-state index contributed by atoms with van der Waals surface area (Å²) >= 11 is 0. The number of rotatable bonds is 8. The van der Waals surface area contributed by atoms with Crippen molar-refractivity contribution in [3.05, 3.63) is 107 Å². The van der Waals surface area contributed by atoms with Crippen LogP contribution in [0.2, 0.25) is 0 Å². The fourth-order valence-corrected chi connectivity index (χ4v) is 4.53. The third-order valence-corrected chi connectivity index (χ3v) is 6.84. The van der Waals surface area contributed by atoms with Crippen LogP contribution in [-0.2, 0) is 26.3 Å². The van der Waals surface area contributed by atoms with Crippen molar-refractivity contribution in [3.63, 3.8) is 0 Å². The van der Waals surface area contributed by atoms with Crippen LogP contribution in [0.5, 0.6) is 0 Å². The van der Waals surface area contributed by atoms with Gasteiger partial charge < -0.3 is 13.9 Å². The molecule has 4 aromatic rings. The van der Waals surface area contributed by atoms with Crippen molar-refractivity contribution in [3.8, 4) is 22.5 Å². The monoisotopic (exact) mass is 498 g/mol. The molecule has 1 saturated carbocycles. The smallest absolute Gasteiger partial charge is 0.342 e. The summed E-state index contributed by atoms with van der Waals surface area (Å²) in [6, 6.07) is 23.7. The summed E-state index contributed by atoms with van der Waals surface area (Å²) in [5.74, 6) is -0.662. The molecule has 6 heteroatoms. The number of carbonyl (C=O) groups excluding carboxylic acids is 2. The van der Waals surface area contributed by atoms with Gasteiger partial charge >= 0.3 is 11.9 Å². The number of benzene rings is 3. The standard InChI is InChI=1S/C31H27FO5/c1-3-35-30(34)31(17-18-31)25-15-13-23(14-16-25)22-9-11-24(12-10-22)27-26(20(2)28(32)37-27)29(33)36-19-21-7-5-4-6-8-21/h4-16H,3,17-19H2,1-2H3. The molecular weight excluding hydrogens is 471 g/mol. The maximum absolute atomic E-state index is 14.4. The molecule has 5 nitrogen and oxygen atoms in total. The van der Waals surface area contributed by atoms with E-state index in [0.29, 0.717) is 12.2 Å². The van der Waals surface area contributed by atoms with Crippen LogP contribution in [0.4, 0.5) is 4.39 Å². The van der Waals surface area contributed by atoms with Gasteiger partial charge in [-0.15, -0.1) is 0 Å². The topological polar surface area (TPSA) is 65.7 Å². The van der Waals surface area contributed by atoms with Crippen LogP contribution in [0.25, 0.3) is 22.5 Å². The number of furan rings is 1. The van der Waals surface area contributed by atoms with Crippen LogP contribution in [-0.4, -0.2) is 18.5 Å². The normalized spacial score (nSPS) is 13.7. The first-order chi connectivity index (χ1) is 17.9. The number of esters is 2. The summed E-state index contributed by atoms with van der Waals surface area (Å²) in [4.78, 5) is 25.2. The average molecular weight is 499 g/mol. The lowest BCUT2D eigenvalue weighted by Gasteiger charge is -2.14. The highest BCUT2D eigenvalue weighted by Gasteiger charge is 2.52. The fraction of sp³-hybridized carbons (Fsp3) is 0.226. The van der Waals surface area contributed by atoms with Crippen molar-refractivity contribution < 1.29 is 27.9 Å². The number of halogens is 1. The van der Waals surface area contributed by atoms with Gasteiger partial charge in [-0.2, -0.15) is 4.39 Å². The van der Waals surface area contributed by atoms with Gasteiger partial charge in [0.25, 0.3) is 6.01 Å². The van der Waals surface area contributed by atoms with E-state index in [1.807, 2.05) is 73.7 Å². The summed E-state index contributed by atoms with van der Waals surface area (Å²) in [5.41, 5.74) is 3.97. The highest BCUT2D eigenvalue weighted by atomic mass is 19.1. The highest BCUT2D eigenvalue weighted by molar-refractivity contribution is 5.97. The van der Waals surface area contributed by atoms with Crippen LogP contribution < -0.4 is 0 Å². The Bertz CT molecular complexity index is 1420. The molecule has 1 aliphatic carbocycles. The Hall–Kier alpha value is -4.19. The summed E-state index contributed by atoms with van der Waals surface area (Å²) < 4.78 is 30.4. The molecule has 0 atom stereocenters. The second kappa shape index (κ2) is 10.1. The second-order valence-corrected chi connectivity index (χ2v) is 9.22. The number of hydrogen-bond acceptors (Lipinski definition) is 5. The Morgan fingerprint density at radius 2 is 1.46 bits per heavy atom. The largest absolute Gasteiger partial charge is 0.465 e. The molecule has 0 unspecified atom stereocenters. The molecule has 188 valence electrons. The molecule has 0 saturated heterocycles. The van der Waals surface area contributed by atoms with Crippen molar-refractivity contribution in [2.75, 3.05) is 6.61 Å². The first kappa shape index (κ1) is 24.5. The molecule has 0 N–H and O–H groups in total. The van der Waals surface area contributed by atoms with Crippen LogP contribution in [0.1, 0.15) is 46.8 Å². The van der Waals surface area contributed by atoms with Crippen molar-refractivity contribution in [2.24, 2.45) is 0 Å². The molecular formula is C31H27FO5. The molecule has 0 aliphatic heterocycles. The molecule has 1 aromatic heterocycles. The number of carbonyl (C=O) groups is 2. The predicted octanol–water partition coefficient (Wildman–Crippen LogP) is 7.01. The van der Waals surface area contributed by atoms with E-state index in [2.05, 4.69) is 0 Å². The Labute approximate surface area is 214 Å². The zero-order valence-electron chi connectivity index (χ0n) is 20.8. The Kier molecular flexibility index (Phi) is 6.66. The maximum Gasteiger partial charge on any atom is 0.342 e. The third kappa shape index (κ3) is 4.79. The molecule has 1 heterocycles. The Morgan fingerprint density at radius 3 is 2.05 bits per heavy atom. The molecule has 37 heavy (non-hydrogen) atoms. The molecule has 1 aliphatic rings. The molecule has 1 fully saturated rings. The minimum atomic E-state index is -0.808. The van der Waals surface area contributed by atoms with Gasteiger partial charge in [-0.1, -0.05) is 78.9 Å². The highest BCUT2D eigenvalue weighted by Crippen LogP contribution is 2.49. The summed E-state index contributed by atoms with van der Waals surface area (Å²) in [6.45, 7) is 3.77. The van der Waals surface area contributed by atoms with Gasteiger partial charge in [0.05, 0.1) is 12.0 Å². The van der Waals surface area contributed by atoms with Gasteiger partial charge in [0.2, 0.25) is 0 Å².